The van der Waals surface area contributed by atoms with Crippen LogP contribution in [0.25, 0.3) is 5.76 Å². The van der Waals surface area contributed by atoms with E-state index in [1.165, 1.54) is 0 Å². The first kappa shape index (κ1) is 8.42. The number of carbonyl (C=O) groups is 1. The first-order valence-corrected chi connectivity index (χ1v) is 3.20. The van der Waals surface area contributed by atoms with E-state index >= 15 is 0 Å². The van der Waals surface area contributed by atoms with Gasteiger partial charge in [0.1, 0.15) is 0 Å². The van der Waals surface area contributed by atoms with E-state index in [1.54, 1.807) is 24.3 Å². The Labute approximate surface area is 68.5 Å². The van der Waals surface area contributed by atoms with Gasteiger partial charge in [0.25, 0.3) is 0 Å². The molecule has 0 aliphatic carbocycles. The summed E-state index contributed by atoms with van der Waals surface area (Å²) in [6, 6.07) is 6.88. The zero-order chi connectivity index (χ0) is 7.84. The Morgan fingerprint density at radius 1 is 1.25 bits per heavy atom. The Morgan fingerprint density at radius 3 is 2.58 bits per heavy atom. The van der Waals surface area contributed by atoms with Gasteiger partial charge in [-0.15, -0.1) is 0 Å². The van der Waals surface area contributed by atoms with Crippen molar-refractivity contribution in [3.63, 3.8) is 0 Å². The number of para-hydroxylation sites is 1. The van der Waals surface area contributed by atoms with Crippen molar-refractivity contribution < 1.29 is 9.90 Å². The highest BCUT2D eigenvalue weighted by atomic mass is 16.3. The molecular weight excluding hydrogens is 156 g/mol. The minimum absolute atomic E-state index is 0. The van der Waals surface area contributed by atoms with Crippen LogP contribution in [-0.4, -0.2) is 11.0 Å². The molecule has 1 aliphatic heterocycles. The summed E-state index contributed by atoms with van der Waals surface area (Å²) in [6.45, 7) is 0. The molecule has 1 N–H and O–H groups in total. The molecule has 59 valence electrons. The van der Waals surface area contributed by atoms with E-state index in [-0.39, 0.29) is 11.9 Å². The monoisotopic (exact) mass is 161 g/mol. The molecule has 4 nitrogen and oxygen atoms in total. The van der Waals surface area contributed by atoms with Gasteiger partial charge in [0, 0.05) is 11.4 Å². The zero-order valence-corrected chi connectivity index (χ0v) is 6.06. The largest absolute Gasteiger partial charge is 0.503 e. The van der Waals surface area contributed by atoms with Crippen LogP contribution in [-0.2, 0) is 4.79 Å². The van der Waals surface area contributed by atoms with Gasteiger partial charge in [-0.25, -0.2) is 4.99 Å². The fraction of sp³-hybridized carbons (Fsp3) is 0. The summed E-state index contributed by atoms with van der Waals surface area (Å²) in [4.78, 5) is 14.4. The van der Waals surface area contributed by atoms with Crippen molar-refractivity contribution in [2.45, 2.75) is 0 Å². The highest BCUT2D eigenvalue weighted by Gasteiger charge is 2.12. The number of benzene rings is 1. The van der Waals surface area contributed by atoms with Gasteiger partial charge in [-0.3, -0.25) is 4.79 Å². The van der Waals surface area contributed by atoms with Gasteiger partial charge in [0.05, 0.1) is 5.36 Å². The van der Waals surface area contributed by atoms with Crippen molar-refractivity contribution in [3.05, 3.63) is 34.8 Å². The number of amides is 1. The van der Waals surface area contributed by atoms with E-state index in [2.05, 4.69) is 4.99 Å². The Bertz CT molecular complexity index is 437. The Morgan fingerprint density at radius 2 is 1.92 bits per heavy atom. The molecule has 0 fully saturated rings. The zero-order valence-electron chi connectivity index (χ0n) is 6.06. The molecule has 0 unspecified atom stereocenters. The van der Waals surface area contributed by atoms with Crippen LogP contribution in [0.4, 0.5) is 0 Å². The summed E-state index contributed by atoms with van der Waals surface area (Å²) in [6.07, 6.45) is 0. The van der Waals surface area contributed by atoms with Crippen LogP contribution in [0.1, 0.15) is 0 Å². The maximum Gasteiger partial charge on any atom is 0.313 e. The molecule has 1 heterocycles. The van der Waals surface area contributed by atoms with E-state index in [0.29, 0.717) is 10.6 Å². The molecule has 2 rings (SSSR count). The van der Waals surface area contributed by atoms with Crippen molar-refractivity contribution >= 4 is 11.7 Å². The van der Waals surface area contributed by atoms with Crippen LogP contribution in [0.3, 0.4) is 0 Å². The summed E-state index contributed by atoms with van der Waals surface area (Å²) < 4.78 is 0. The molecule has 0 aromatic heterocycles. The van der Waals surface area contributed by atoms with Crippen molar-refractivity contribution in [1.82, 2.24) is 6.15 Å². The lowest BCUT2D eigenvalue weighted by molar-refractivity contribution is -0.114. The maximum absolute atomic E-state index is 10.8. The second-order valence-electron chi connectivity index (χ2n) is 2.28. The second kappa shape index (κ2) is 2.75. The third kappa shape index (κ3) is 0.981. The fourth-order valence-corrected chi connectivity index (χ4v) is 1.05. The number of carbonyl (C=O) groups excluding carboxylic acids is 1. The molecule has 0 atom stereocenters. The lowest BCUT2D eigenvalue weighted by atomic mass is 10.3. The van der Waals surface area contributed by atoms with Gasteiger partial charge in [-0.2, -0.15) is 0 Å². The molecule has 0 bridgehead atoms. The Kier molecular flexibility index (Phi) is 1.93. The van der Waals surface area contributed by atoms with Crippen LogP contribution >= 0.6 is 0 Å². The van der Waals surface area contributed by atoms with E-state index in [4.69, 9.17) is 5.11 Å². The maximum atomic E-state index is 10.8. The Hall–Kier alpha value is -1.68. The van der Waals surface area contributed by atoms with Crippen LogP contribution < -0.4 is 16.7 Å². The molecular formula is C8H5N2O2. The predicted molar refractivity (Wildman–Crippen MR) is 40.4 cm³/mol. The smallest absolute Gasteiger partial charge is 0.313 e. The number of aliphatic hydroxyl groups excluding tert-OH is 1. The molecule has 1 amide bonds. The van der Waals surface area contributed by atoms with Gasteiger partial charge in [0.2, 0.25) is 0 Å². The van der Waals surface area contributed by atoms with Gasteiger partial charge in [0.15, 0.2) is 5.76 Å². The molecule has 12 heavy (non-hydrogen) atoms. The van der Waals surface area contributed by atoms with Gasteiger partial charge >= 0.3 is 5.91 Å². The van der Waals surface area contributed by atoms with Crippen molar-refractivity contribution in [2.24, 2.45) is 4.99 Å². The van der Waals surface area contributed by atoms with E-state index in [1.807, 2.05) is 0 Å². The van der Waals surface area contributed by atoms with Crippen LogP contribution in [0.5, 0.6) is 0 Å². The minimum Gasteiger partial charge on any atom is -0.503 e. The van der Waals surface area contributed by atoms with Crippen molar-refractivity contribution in [3.8, 4) is 0 Å². The number of rotatable bonds is 0. The summed E-state index contributed by atoms with van der Waals surface area (Å²) in [5.41, 5.74) is 0. The molecule has 0 saturated carbocycles. The number of fused-ring (bicyclic) bond motifs is 1. The van der Waals surface area contributed by atoms with Crippen LogP contribution in [0.2, 0.25) is 0 Å². The molecule has 1 aromatic carbocycles. The average Bonchev–Trinajstić information content (AvgIpc) is 2.30. The summed E-state index contributed by atoms with van der Waals surface area (Å²) >= 11 is 0. The van der Waals surface area contributed by atoms with Crippen molar-refractivity contribution in [1.29, 1.82) is 0 Å². The summed E-state index contributed by atoms with van der Waals surface area (Å²) in [7, 11) is 0. The topological polar surface area (TPSA) is 80.2 Å². The third-order valence-electron chi connectivity index (χ3n) is 1.58. The standard InChI is InChI=1S/C8H5NO2.N/c10-7-5-3-1-2-4-6(5)9-8(7)11;/h1-4H,(H,9,10,11);. The van der Waals surface area contributed by atoms with E-state index in [0.717, 1.165) is 0 Å². The van der Waals surface area contributed by atoms with Gasteiger partial charge in [-0.1, -0.05) is 12.1 Å². The lowest BCUT2D eigenvalue weighted by Gasteiger charge is -1.82. The molecule has 1 aliphatic rings. The second-order valence-corrected chi connectivity index (χ2v) is 2.28. The molecule has 0 spiro atoms. The molecule has 0 saturated heterocycles. The number of hydrogen-bond donors (Lipinski definition) is 1. The summed E-state index contributed by atoms with van der Waals surface area (Å²) in [5, 5.41) is 10.2. The SMILES string of the molecule is O=C1N=c2ccccc2=C1O.[N]. The fourth-order valence-electron chi connectivity index (χ4n) is 1.05. The van der Waals surface area contributed by atoms with Gasteiger partial charge < -0.3 is 5.11 Å². The predicted octanol–water partition coefficient (Wildman–Crippen LogP) is -0.968. The third-order valence-corrected chi connectivity index (χ3v) is 1.58. The summed E-state index contributed by atoms with van der Waals surface area (Å²) in [5.74, 6) is -0.799. The Balaban J connectivity index is 0.000000720. The van der Waals surface area contributed by atoms with E-state index < -0.39 is 5.91 Å². The number of nitrogens with zero attached hydrogens (tertiary/aromatic N) is 2. The first-order valence-electron chi connectivity index (χ1n) is 3.20. The minimum atomic E-state index is -0.550. The van der Waals surface area contributed by atoms with E-state index in [9.17, 15) is 4.79 Å². The number of hydrogen-bond acceptors (Lipinski definition) is 2. The van der Waals surface area contributed by atoms with Crippen molar-refractivity contribution in [2.75, 3.05) is 0 Å². The average molecular weight is 161 g/mol. The highest BCUT2D eigenvalue weighted by molar-refractivity contribution is 6.11. The molecule has 3 radical (unpaired) electrons. The molecule has 4 heteroatoms. The highest BCUT2D eigenvalue weighted by Crippen LogP contribution is 1.92. The van der Waals surface area contributed by atoms with Crippen LogP contribution in [0, 0.1) is 0 Å². The van der Waals surface area contributed by atoms with Crippen LogP contribution in [0.15, 0.2) is 29.3 Å². The van der Waals surface area contributed by atoms with Gasteiger partial charge in [-0.05, 0) is 12.1 Å². The quantitative estimate of drug-likeness (QED) is 0.531. The molecule has 1 aromatic rings. The number of aliphatic hydroxyl groups is 1. The first-order chi connectivity index (χ1) is 5.29. The lowest BCUT2D eigenvalue weighted by Crippen LogP contribution is -2.21. The normalized spacial score (nSPS) is 13.3.